The Kier molecular flexibility index (Phi) is 6.81. The van der Waals surface area contributed by atoms with Crippen LogP contribution in [0.4, 0.5) is 0 Å². The lowest BCUT2D eigenvalue weighted by atomic mass is 10.1. The number of hydrogen-bond acceptors (Lipinski definition) is 5. The van der Waals surface area contributed by atoms with Gasteiger partial charge in [0.1, 0.15) is 6.33 Å². The average molecular weight is 470 g/mol. The third kappa shape index (κ3) is 5.14. The molecule has 0 atom stereocenters. The molecule has 1 heterocycles. The standard InChI is InChI=1S/C23H24ClN5O2S/c1-15-3-8-19(11-20(15)24)29-14-26-27-23(29)32-13-21(30)28(18-9-10-18)12-16-4-6-17(7-5-16)22(31)25-2/h3-8,11,14,18H,9-10,12-13H2,1-2H3,(H,25,31). The average Bonchev–Trinajstić information content (AvgIpc) is 3.54. The van der Waals surface area contributed by atoms with E-state index in [0.29, 0.717) is 22.3 Å². The SMILES string of the molecule is CNC(=O)c1ccc(CN(C(=O)CSc2nncn2-c2ccc(C)c(Cl)c2)C2CC2)cc1. The number of hydrogen-bond donors (Lipinski definition) is 1. The van der Waals surface area contributed by atoms with Gasteiger partial charge in [-0.3, -0.25) is 14.2 Å². The van der Waals surface area contributed by atoms with E-state index in [1.807, 2.05) is 46.7 Å². The van der Waals surface area contributed by atoms with Crippen LogP contribution in [0, 0.1) is 6.92 Å². The van der Waals surface area contributed by atoms with Crippen molar-refractivity contribution in [1.82, 2.24) is 25.0 Å². The van der Waals surface area contributed by atoms with E-state index in [1.54, 1.807) is 25.5 Å². The highest BCUT2D eigenvalue weighted by atomic mass is 35.5. The highest BCUT2D eigenvalue weighted by Crippen LogP contribution is 2.30. The summed E-state index contributed by atoms with van der Waals surface area (Å²) in [5.74, 6) is 0.205. The number of thioether (sulfide) groups is 1. The number of nitrogens with one attached hydrogen (secondary N) is 1. The number of amides is 2. The van der Waals surface area contributed by atoms with Crippen molar-refractivity contribution in [3.63, 3.8) is 0 Å². The molecule has 1 aliphatic carbocycles. The van der Waals surface area contributed by atoms with Crippen LogP contribution in [0.3, 0.4) is 0 Å². The van der Waals surface area contributed by atoms with Gasteiger partial charge in [0, 0.05) is 30.2 Å². The van der Waals surface area contributed by atoms with Crippen LogP contribution in [0.15, 0.2) is 53.9 Å². The van der Waals surface area contributed by atoms with Crippen LogP contribution in [-0.4, -0.2) is 50.3 Å². The molecule has 0 spiro atoms. The Hall–Kier alpha value is -2.84. The van der Waals surface area contributed by atoms with E-state index >= 15 is 0 Å². The first-order valence-electron chi connectivity index (χ1n) is 10.4. The molecule has 0 unspecified atom stereocenters. The van der Waals surface area contributed by atoms with Crippen LogP contribution in [0.1, 0.15) is 34.3 Å². The van der Waals surface area contributed by atoms with Gasteiger partial charge in [-0.05, 0) is 55.2 Å². The molecule has 1 fully saturated rings. The van der Waals surface area contributed by atoms with E-state index in [1.165, 1.54) is 11.8 Å². The maximum Gasteiger partial charge on any atom is 0.251 e. The van der Waals surface area contributed by atoms with Gasteiger partial charge in [-0.25, -0.2) is 0 Å². The third-order valence-corrected chi connectivity index (χ3v) is 6.71. The molecule has 7 nitrogen and oxygen atoms in total. The van der Waals surface area contributed by atoms with Gasteiger partial charge in [0.15, 0.2) is 5.16 Å². The molecule has 0 aliphatic heterocycles. The monoisotopic (exact) mass is 469 g/mol. The van der Waals surface area contributed by atoms with Crippen molar-refractivity contribution in [2.24, 2.45) is 0 Å². The number of nitrogens with zero attached hydrogens (tertiary/aromatic N) is 4. The van der Waals surface area contributed by atoms with Gasteiger partial charge in [0.25, 0.3) is 5.91 Å². The zero-order valence-corrected chi connectivity index (χ0v) is 19.5. The molecule has 1 aromatic heterocycles. The summed E-state index contributed by atoms with van der Waals surface area (Å²) in [5.41, 5.74) is 3.46. The largest absolute Gasteiger partial charge is 0.355 e. The molecule has 1 N–H and O–H groups in total. The van der Waals surface area contributed by atoms with Gasteiger partial charge in [-0.1, -0.05) is 41.6 Å². The Morgan fingerprint density at radius 3 is 2.62 bits per heavy atom. The fourth-order valence-electron chi connectivity index (χ4n) is 3.35. The summed E-state index contributed by atoms with van der Waals surface area (Å²) in [6, 6.07) is 13.4. The number of aryl methyl sites for hydroxylation is 1. The predicted molar refractivity (Wildman–Crippen MR) is 125 cm³/mol. The second-order valence-corrected chi connectivity index (χ2v) is 9.08. The van der Waals surface area contributed by atoms with Crippen LogP contribution in [-0.2, 0) is 11.3 Å². The Morgan fingerprint density at radius 1 is 1.22 bits per heavy atom. The molecule has 1 saturated carbocycles. The van der Waals surface area contributed by atoms with Crippen molar-refractivity contribution in [3.05, 3.63) is 70.5 Å². The Balaban J connectivity index is 1.42. The van der Waals surface area contributed by atoms with Crippen molar-refractivity contribution in [2.45, 2.75) is 37.5 Å². The summed E-state index contributed by atoms with van der Waals surface area (Å²) >= 11 is 7.62. The summed E-state index contributed by atoms with van der Waals surface area (Å²) in [6.45, 7) is 2.48. The molecule has 1 aliphatic rings. The van der Waals surface area contributed by atoms with Crippen LogP contribution in [0.2, 0.25) is 5.02 Å². The smallest absolute Gasteiger partial charge is 0.251 e. The van der Waals surface area contributed by atoms with Crippen molar-refractivity contribution in [1.29, 1.82) is 0 Å². The number of carbonyl (C=O) groups is 2. The molecule has 4 rings (SSSR count). The first kappa shape index (κ1) is 22.4. The van der Waals surface area contributed by atoms with Crippen molar-refractivity contribution < 1.29 is 9.59 Å². The molecular formula is C23H24ClN5O2S. The molecule has 9 heteroatoms. The first-order chi connectivity index (χ1) is 15.5. The predicted octanol–water partition coefficient (Wildman–Crippen LogP) is 3.87. The highest BCUT2D eigenvalue weighted by Gasteiger charge is 2.32. The molecular weight excluding hydrogens is 446 g/mol. The maximum atomic E-state index is 13.1. The molecule has 3 aromatic rings. The lowest BCUT2D eigenvalue weighted by Gasteiger charge is -2.22. The number of rotatable bonds is 8. The third-order valence-electron chi connectivity index (χ3n) is 5.38. The topological polar surface area (TPSA) is 80.1 Å². The zero-order chi connectivity index (χ0) is 22.7. The number of carbonyl (C=O) groups excluding carboxylic acids is 2. The van der Waals surface area contributed by atoms with Crippen LogP contribution in [0.5, 0.6) is 0 Å². The van der Waals surface area contributed by atoms with Gasteiger partial charge in [0.2, 0.25) is 5.91 Å². The minimum atomic E-state index is -0.123. The molecule has 166 valence electrons. The van der Waals surface area contributed by atoms with Crippen LogP contribution < -0.4 is 5.32 Å². The molecule has 2 amide bonds. The summed E-state index contributed by atoms with van der Waals surface area (Å²) < 4.78 is 1.84. The molecule has 2 aromatic carbocycles. The second-order valence-electron chi connectivity index (χ2n) is 7.73. The number of aromatic nitrogens is 3. The summed E-state index contributed by atoms with van der Waals surface area (Å²) in [5, 5.41) is 12.1. The summed E-state index contributed by atoms with van der Waals surface area (Å²) in [7, 11) is 1.61. The van der Waals surface area contributed by atoms with Gasteiger partial charge in [-0.2, -0.15) is 0 Å². The number of halogens is 1. The van der Waals surface area contributed by atoms with Gasteiger partial charge >= 0.3 is 0 Å². The molecule has 0 saturated heterocycles. The van der Waals surface area contributed by atoms with Crippen LogP contribution in [0.25, 0.3) is 5.69 Å². The maximum absolute atomic E-state index is 13.1. The van der Waals surface area contributed by atoms with Crippen molar-refractivity contribution in [3.8, 4) is 5.69 Å². The number of benzene rings is 2. The zero-order valence-electron chi connectivity index (χ0n) is 17.9. The van der Waals surface area contributed by atoms with E-state index in [2.05, 4.69) is 15.5 Å². The quantitative estimate of drug-likeness (QED) is 0.506. The Morgan fingerprint density at radius 2 is 1.97 bits per heavy atom. The normalized spacial score (nSPS) is 13.1. The Bertz CT molecular complexity index is 1130. The van der Waals surface area contributed by atoms with E-state index < -0.39 is 0 Å². The highest BCUT2D eigenvalue weighted by molar-refractivity contribution is 7.99. The fraction of sp³-hybridized carbons (Fsp3) is 0.304. The minimum Gasteiger partial charge on any atom is -0.355 e. The van der Waals surface area contributed by atoms with Gasteiger partial charge in [0.05, 0.1) is 11.4 Å². The Labute approximate surface area is 196 Å². The summed E-state index contributed by atoms with van der Waals surface area (Å²) in [4.78, 5) is 26.7. The van der Waals surface area contributed by atoms with Crippen LogP contribution >= 0.6 is 23.4 Å². The van der Waals surface area contributed by atoms with E-state index in [4.69, 9.17) is 11.6 Å². The molecule has 32 heavy (non-hydrogen) atoms. The van der Waals surface area contributed by atoms with Crippen molar-refractivity contribution in [2.75, 3.05) is 12.8 Å². The van der Waals surface area contributed by atoms with E-state index in [0.717, 1.165) is 29.7 Å². The lowest BCUT2D eigenvalue weighted by Crippen LogP contribution is -2.34. The van der Waals surface area contributed by atoms with E-state index in [-0.39, 0.29) is 23.6 Å². The first-order valence-corrected chi connectivity index (χ1v) is 11.7. The van der Waals surface area contributed by atoms with Crippen molar-refractivity contribution >= 4 is 35.2 Å². The lowest BCUT2D eigenvalue weighted by molar-refractivity contribution is -0.129. The van der Waals surface area contributed by atoms with Gasteiger partial charge in [-0.15, -0.1) is 10.2 Å². The summed E-state index contributed by atoms with van der Waals surface area (Å²) in [6.07, 6.45) is 3.66. The minimum absolute atomic E-state index is 0.0596. The molecule has 0 radical (unpaired) electrons. The second kappa shape index (κ2) is 9.75. The molecule has 0 bridgehead atoms. The fourth-order valence-corrected chi connectivity index (χ4v) is 4.34. The van der Waals surface area contributed by atoms with Gasteiger partial charge < -0.3 is 10.2 Å². The van der Waals surface area contributed by atoms with E-state index in [9.17, 15) is 9.59 Å².